The predicted octanol–water partition coefficient (Wildman–Crippen LogP) is 6.48. The summed E-state index contributed by atoms with van der Waals surface area (Å²) in [5.41, 5.74) is 1.08. The minimum Gasteiger partial charge on any atom is -0.350 e. The topological polar surface area (TPSA) is 86.8 Å². The Morgan fingerprint density at radius 1 is 0.900 bits per heavy atom. The number of aryl methyl sites for hydroxylation is 1. The number of nitrogens with one attached hydrogen (secondary N) is 1. The molecule has 2 amide bonds. The van der Waals surface area contributed by atoms with Crippen molar-refractivity contribution in [3.63, 3.8) is 0 Å². The number of halogens is 3. The van der Waals surface area contributed by atoms with E-state index in [0.717, 1.165) is 9.87 Å². The Morgan fingerprint density at radius 3 is 2.10 bits per heavy atom. The molecule has 3 aromatic carbocycles. The third-order valence-electron chi connectivity index (χ3n) is 6.01. The van der Waals surface area contributed by atoms with Crippen molar-refractivity contribution in [2.24, 2.45) is 0 Å². The van der Waals surface area contributed by atoms with Crippen LogP contribution in [0.25, 0.3) is 0 Å². The van der Waals surface area contributed by atoms with E-state index in [1.54, 1.807) is 55.5 Å². The van der Waals surface area contributed by atoms with Crippen LogP contribution < -0.4 is 9.62 Å². The van der Waals surface area contributed by atoms with Crippen molar-refractivity contribution < 1.29 is 18.0 Å². The average Bonchev–Trinajstić information content (AvgIpc) is 2.87. The van der Waals surface area contributed by atoms with Gasteiger partial charge in [-0.3, -0.25) is 13.9 Å². The number of sulfonamides is 1. The first-order chi connectivity index (χ1) is 18.6. The fourth-order valence-corrected chi connectivity index (χ4v) is 5.94. The number of hydrogen-bond donors (Lipinski definition) is 1. The largest absolute Gasteiger partial charge is 0.350 e. The Labute approximate surface area is 251 Å². The number of amides is 2. The lowest BCUT2D eigenvalue weighted by Gasteiger charge is -2.33. The number of para-hydroxylation sites is 1. The van der Waals surface area contributed by atoms with Crippen LogP contribution in [0.5, 0.6) is 0 Å². The first-order valence-corrected chi connectivity index (χ1v) is 15.1. The fourth-order valence-electron chi connectivity index (χ4n) is 3.90. The number of rotatable bonds is 9. The van der Waals surface area contributed by atoms with Crippen molar-refractivity contribution in [2.75, 3.05) is 10.8 Å². The maximum atomic E-state index is 14.0. The molecule has 0 unspecified atom stereocenters. The van der Waals surface area contributed by atoms with Crippen molar-refractivity contribution >= 4 is 62.3 Å². The fraction of sp³-hybridized carbons (Fsp3) is 0.310. The molecule has 0 aliphatic carbocycles. The van der Waals surface area contributed by atoms with Crippen LogP contribution in [0.4, 0.5) is 5.69 Å². The molecule has 3 aromatic rings. The number of anilines is 1. The summed E-state index contributed by atoms with van der Waals surface area (Å²) in [4.78, 5) is 28.5. The Bertz CT molecular complexity index is 1490. The van der Waals surface area contributed by atoms with Crippen LogP contribution in [0, 0.1) is 6.92 Å². The van der Waals surface area contributed by atoms with Gasteiger partial charge in [0.1, 0.15) is 12.6 Å². The molecular weight excluding hydrogens is 593 g/mol. The van der Waals surface area contributed by atoms with Crippen molar-refractivity contribution in [3.05, 3.63) is 92.9 Å². The standard InChI is InChI=1S/C29H32Cl3N3O4S/c1-19-10-13-22(14-11-19)40(38,39)35(26-9-7-6-8-24(26)31)18-27(36)34(20(2)28(37)33-29(3,4)5)17-21-12-15-23(30)25(32)16-21/h6-16,20H,17-18H2,1-5H3,(H,33,37)/t20-/m0/s1. The van der Waals surface area contributed by atoms with Crippen LogP contribution in [-0.2, 0) is 26.2 Å². The third-order valence-corrected chi connectivity index (χ3v) is 8.84. The summed E-state index contributed by atoms with van der Waals surface area (Å²) in [5, 5.41) is 3.67. The van der Waals surface area contributed by atoms with E-state index in [1.165, 1.54) is 23.1 Å². The molecule has 1 atom stereocenters. The highest BCUT2D eigenvalue weighted by Gasteiger charge is 2.34. The van der Waals surface area contributed by atoms with E-state index in [9.17, 15) is 18.0 Å². The number of nitrogens with zero attached hydrogens (tertiary/aromatic N) is 2. The van der Waals surface area contributed by atoms with Gasteiger partial charge in [-0.1, -0.05) is 70.7 Å². The molecule has 0 radical (unpaired) electrons. The van der Waals surface area contributed by atoms with E-state index in [2.05, 4.69) is 5.32 Å². The second kappa shape index (κ2) is 12.8. The molecule has 7 nitrogen and oxygen atoms in total. The molecule has 11 heteroatoms. The second-order valence-electron chi connectivity index (χ2n) is 10.5. The van der Waals surface area contributed by atoms with Crippen molar-refractivity contribution in [3.8, 4) is 0 Å². The van der Waals surface area contributed by atoms with E-state index >= 15 is 0 Å². The highest BCUT2D eigenvalue weighted by Crippen LogP contribution is 2.31. The number of hydrogen-bond acceptors (Lipinski definition) is 4. The van der Waals surface area contributed by atoms with Gasteiger partial charge in [-0.05, 0) is 76.6 Å². The summed E-state index contributed by atoms with van der Waals surface area (Å²) in [6, 6.07) is 16.6. The summed E-state index contributed by atoms with van der Waals surface area (Å²) in [6.07, 6.45) is 0. The lowest BCUT2D eigenvalue weighted by atomic mass is 10.1. The van der Waals surface area contributed by atoms with Crippen LogP contribution in [0.15, 0.2) is 71.6 Å². The van der Waals surface area contributed by atoms with E-state index < -0.39 is 40.0 Å². The monoisotopic (exact) mass is 623 g/mol. The predicted molar refractivity (Wildman–Crippen MR) is 162 cm³/mol. The van der Waals surface area contributed by atoms with Gasteiger partial charge in [0.25, 0.3) is 10.0 Å². The summed E-state index contributed by atoms with van der Waals surface area (Å²) in [5.74, 6) is -1.01. The van der Waals surface area contributed by atoms with Crippen LogP contribution in [0.3, 0.4) is 0 Å². The minimum absolute atomic E-state index is 0.000349. The molecule has 0 aliphatic heterocycles. The van der Waals surface area contributed by atoms with Gasteiger partial charge in [-0.25, -0.2) is 8.42 Å². The zero-order chi connectivity index (χ0) is 29.8. The van der Waals surface area contributed by atoms with Crippen molar-refractivity contribution in [2.45, 2.75) is 57.6 Å². The lowest BCUT2D eigenvalue weighted by molar-refractivity contribution is -0.140. The van der Waals surface area contributed by atoms with E-state index in [4.69, 9.17) is 34.8 Å². The number of carbonyl (C=O) groups excluding carboxylic acids is 2. The van der Waals surface area contributed by atoms with Gasteiger partial charge < -0.3 is 10.2 Å². The molecule has 0 aliphatic rings. The molecule has 214 valence electrons. The van der Waals surface area contributed by atoms with E-state index in [0.29, 0.717) is 10.6 Å². The molecule has 0 saturated heterocycles. The average molecular weight is 625 g/mol. The first kappa shape index (κ1) is 31.7. The number of carbonyl (C=O) groups is 2. The number of benzene rings is 3. The summed E-state index contributed by atoms with van der Waals surface area (Å²) in [6.45, 7) is 8.30. The van der Waals surface area contributed by atoms with Gasteiger partial charge >= 0.3 is 0 Å². The maximum absolute atomic E-state index is 14.0. The lowest BCUT2D eigenvalue weighted by Crippen LogP contribution is -2.54. The quantitative estimate of drug-likeness (QED) is 0.295. The molecule has 0 saturated carbocycles. The molecule has 0 spiro atoms. The Morgan fingerprint density at radius 2 is 1.52 bits per heavy atom. The Balaban J connectivity index is 2.06. The summed E-state index contributed by atoms with van der Waals surface area (Å²) in [7, 11) is -4.22. The minimum atomic E-state index is -4.22. The third kappa shape index (κ3) is 7.91. The van der Waals surface area contributed by atoms with Crippen LogP contribution in [0.2, 0.25) is 15.1 Å². The Hall–Kier alpha value is -2.78. The molecule has 0 aromatic heterocycles. The smallest absolute Gasteiger partial charge is 0.264 e. The van der Waals surface area contributed by atoms with Gasteiger partial charge in [0, 0.05) is 12.1 Å². The zero-order valence-corrected chi connectivity index (χ0v) is 26.0. The normalized spacial score (nSPS) is 12.5. The first-order valence-electron chi connectivity index (χ1n) is 12.5. The molecule has 1 N–H and O–H groups in total. The van der Waals surface area contributed by atoms with Crippen LogP contribution >= 0.6 is 34.8 Å². The highest BCUT2D eigenvalue weighted by atomic mass is 35.5. The second-order valence-corrected chi connectivity index (χ2v) is 13.5. The zero-order valence-electron chi connectivity index (χ0n) is 22.9. The molecule has 0 heterocycles. The van der Waals surface area contributed by atoms with Gasteiger partial charge in [0.05, 0.1) is 25.7 Å². The molecule has 0 fully saturated rings. The summed E-state index contributed by atoms with van der Waals surface area (Å²) < 4.78 is 28.7. The summed E-state index contributed by atoms with van der Waals surface area (Å²) >= 11 is 18.7. The van der Waals surface area contributed by atoms with Gasteiger partial charge in [0.15, 0.2) is 0 Å². The van der Waals surface area contributed by atoms with Crippen molar-refractivity contribution in [1.82, 2.24) is 10.2 Å². The SMILES string of the molecule is Cc1ccc(S(=O)(=O)N(CC(=O)N(Cc2ccc(Cl)c(Cl)c2)[C@@H](C)C(=O)NC(C)(C)C)c2ccccc2Cl)cc1. The van der Waals surface area contributed by atoms with Crippen LogP contribution in [0.1, 0.15) is 38.8 Å². The van der Waals surface area contributed by atoms with Crippen LogP contribution in [-0.4, -0.2) is 43.3 Å². The molecule has 40 heavy (non-hydrogen) atoms. The van der Waals surface area contributed by atoms with E-state index in [1.807, 2.05) is 27.7 Å². The van der Waals surface area contributed by atoms with Gasteiger partial charge in [0.2, 0.25) is 11.8 Å². The molecule has 0 bridgehead atoms. The maximum Gasteiger partial charge on any atom is 0.264 e. The van der Waals surface area contributed by atoms with Gasteiger partial charge in [-0.15, -0.1) is 0 Å². The Kier molecular flexibility index (Phi) is 10.2. The highest BCUT2D eigenvalue weighted by molar-refractivity contribution is 7.92. The van der Waals surface area contributed by atoms with E-state index in [-0.39, 0.29) is 27.2 Å². The van der Waals surface area contributed by atoms with Gasteiger partial charge in [-0.2, -0.15) is 0 Å². The van der Waals surface area contributed by atoms with Crippen molar-refractivity contribution in [1.29, 1.82) is 0 Å². The molecular formula is C29H32Cl3N3O4S. The molecule has 3 rings (SSSR count).